The van der Waals surface area contributed by atoms with E-state index in [2.05, 4.69) is 18.3 Å². The van der Waals surface area contributed by atoms with Gasteiger partial charge in [0.15, 0.2) is 0 Å². The van der Waals surface area contributed by atoms with Crippen molar-refractivity contribution >= 4 is 5.97 Å². The van der Waals surface area contributed by atoms with Crippen molar-refractivity contribution in [2.75, 3.05) is 0 Å². The minimum Gasteiger partial charge on any atom is -0.480 e. The smallest absolute Gasteiger partial charge is 0.321 e. The van der Waals surface area contributed by atoms with Crippen LogP contribution >= 0.6 is 0 Å². The predicted octanol–water partition coefficient (Wildman–Crippen LogP) is 6.17. The van der Waals surface area contributed by atoms with Gasteiger partial charge in [0.1, 0.15) is 6.04 Å². The number of aliphatic hydroxyl groups excluding tert-OH is 1. The number of carbonyl (C=O) groups is 1. The fourth-order valence-corrected chi connectivity index (χ4v) is 4.64. The molecule has 4 heteroatoms. The lowest BCUT2D eigenvalue weighted by Gasteiger charge is -2.32. The van der Waals surface area contributed by atoms with E-state index in [4.69, 9.17) is 0 Å². The van der Waals surface area contributed by atoms with Crippen LogP contribution in [0.5, 0.6) is 0 Å². The Bertz CT molecular complexity index is 604. The maximum atomic E-state index is 11.5. The second-order valence-corrected chi connectivity index (χ2v) is 9.08. The average molecular weight is 418 g/mol. The number of rotatable bonds is 16. The van der Waals surface area contributed by atoms with Crippen LogP contribution in [0.4, 0.5) is 0 Å². The topological polar surface area (TPSA) is 69.6 Å². The first-order chi connectivity index (χ1) is 14.6. The normalized spacial score (nSPS) is 19.4. The van der Waals surface area contributed by atoms with Crippen LogP contribution < -0.4 is 5.32 Å². The third-order valence-electron chi connectivity index (χ3n) is 6.45. The third kappa shape index (κ3) is 9.18. The van der Waals surface area contributed by atoms with Crippen LogP contribution in [0, 0.1) is 0 Å². The van der Waals surface area contributed by atoms with Crippen molar-refractivity contribution in [3.63, 3.8) is 0 Å². The Kier molecular flexibility index (Phi) is 12.1. The fourth-order valence-electron chi connectivity index (χ4n) is 4.64. The molecule has 170 valence electrons. The summed E-state index contributed by atoms with van der Waals surface area (Å²) in [7, 11) is 0. The van der Waals surface area contributed by atoms with Gasteiger partial charge in [-0.05, 0) is 30.4 Å². The van der Waals surface area contributed by atoms with Crippen molar-refractivity contribution in [3.05, 3.63) is 35.4 Å². The summed E-state index contributed by atoms with van der Waals surface area (Å²) in [6, 6.07) is 7.38. The Morgan fingerprint density at radius 2 is 1.53 bits per heavy atom. The number of carboxylic acid groups (broad SMARTS) is 1. The number of aliphatic carboxylic acids is 1. The quantitative estimate of drug-likeness (QED) is 0.281. The molecule has 2 rings (SSSR count). The van der Waals surface area contributed by atoms with Gasteiger partial charge in [0.05, 0.1) is 6.10 Å². The van der Waals surface area contributed by atoms with E-state index in [1.165, 1.54) is 70.6 Å². The fraction of sp³-hybridized carbons (Fsp3) is 0.731. The summed E-state index contributed by atoms with van der Waals surface area (Å²) in [5.74, 6) is -0.815. The third-order valence-corrected chi connectivity index (χ3v) is 6.45. The Balaban J connectivity index is 1.57. The first-order valence-corrected chi connectivity index (χ1v) is 12.4. The van der Waals surface area contributed by atoms with E-state index in [0.29, 0.717) is 12.8 Å². The maximum absolute atomic E-state index is 11.5. The summed E-state index contributed by atoms with van der Waals surface area (Å²) < 4.78 is 0. The van der Waals surface area contributed by atoms with Gasteiger partial charge in [0.25, 0.3) is 0 Å². The molecule has 0 aromatic heterocycles. The van der Waals surface area contributed by atoms with Crippen LogP contribution in [0.3, 0.4) is 0 Å². The molecule has 1 aliphatic heterocycles. The number of benzene rings is 1. The molecule has 1 heterocycles. The van der Waals surface area contributed by atoms with Crippen LogP contribution in [0.15, 0.2) is 24.3 Å². The Hall–Kier alpha value is -1.39. The summed E-state index contributed by atoms with van der Waals surface area (Å²) in [6.45, 7) is 2.26. The summed E-state index contributed by atoms with van der Waals surface area (Å²) in [5.41, 5.74) is 2.23. The van der Waals surface area contributed by atoms with Gasteiger partial charge in [-0.1, -0.05) is 108 Å². The minimum absolute atomic E-state index is 0.0802. The number of hydrogen-bond donors (Lipinski definition) is 3. The molecule has 1 aromatic rings. The van der Waals surface area contributed by atoms with Crippen LogP contribution in [0.1, 0.15) is 114 Å². The highest BCUT2D eigenvalue weighted by atomic mass is 16.4. The van der Waals surface area contributed by atoms with Crippen molar-refractivity contribution in [3.8, 4) is 0 Å². The summed E-state index contributed by atoms with van der Waals surface area (Å²) >= 11 is 0. The zero-order valence-corrected chi connectivity index (χ0v) is 19.0. The molecule has 0 saturated heterocycles. The molecule has 3 N–H and O–H groups in total. The minimum atomic E-state index is -0.815. The molecule has 0 fully saturated rings. The Labute approximate surface area is 183 Å². The molecule has 1 aromatic carbocycles. The van der Waals surface area contributed by atoms with Gasteiger partial charge in [-0.3, -0.25) is 10.1 Å². The van der Waals surface area contributed by atoms with Crippen molar-refractivity contribution in [1.29, 1.82) is 0 Å². The van der Waals surface area contributed by atoms with E-state index in [0.717, 1.165) is 24.0 Å². The van der Waals surface area contributed by atoms with Crippen LogP contribution in [0.2, 0.25) is 0 Å². The predicted molar refractivity (Wildman–Crippen MR) is 124 cm³/mol. The first kappa shape index (κ1) is 24.9. The summed E-state index contributed by atoms with van der Waals surface area (Å²) in [4.78, 5) is 11.5. The molecule has 4 nitrogen and oxygen atoms in total. The van der Waals surface area contributed by atoms with Gasteiger partial charge < -0.3 is 10.2 Å². The lowest BCUT2D eigenvalue weighted by molar-refractivity contribution is -0.140. The average Bonchev–Trinajstić information content (AvgIpc) is 2.74. The van der Waals surface area contributed by atoms with Gasteiger partial charge >= 0.3 is 5.97 Å². The van der Waals surface area contributed by atoms with Gasteiger partial charge in [0.2, 0.25) is 0 Å². The molecule has 0 saturated carbocycles. The molecular formula is C26H43NO3. The maximum Gasteiger partial charge on any atom is 0.321 e. The molecule has 0 bridgehead atoms. The SMILES string of the molecule is CCCCCCCCCCCCCCC(O)CC1NC(C(=O)O)Cc2ccccc21. The molecule has 3 unspecified atom stereocenters. The van der Waals surface area contributed by atoms with Crippen molar-refractivity contribution in [2.24, 2.45) is 0 Å². The Morgan fingerprint density at radius 3 is 2.13 bits per heavy atom. The lowest BCUT2D eigenvalue weighted by atomic mass is 9.87. The summed E-state index contributed by atoms with van der Waals surface area (Å²) in [6.07, 6.45) is 17.3. The second kappa shape index (κ2) is 14.6. The van der Waals surface area contributed by atoms with Crippen molar-refractivity contribution in [2.45, 2.75) is 121 Å². The van der Waals surface area contributed by atoms with Gasteiger partial charge in [0, 0.05) is 6.04 Å². The molecule has 0 aliphatic carbocycles. The first-order valence-electron chi connectivity index (χ1n) is 12.4. The van der Waals surface area contributed by atoms with E-state index in [9.17, 15) is 15.0 Å². The Morgan fingerprint density at radius 1 is 0.967 bits per heavy atom. The molecule has 0 spiro atoms. The van der Waals surface area contributed by atoms with Crippen LogP contribution in [-0.2, 0) is 11.2 Å². The molecular weight excluding hydrogens is 374 g/mol. The molecule has 1 aliphatic rings. The molecule has 3 atom stereocenters. The van der Waals surface area contributed by atoms with E-state index in [-0.39, 0.29) is 12.1 Å². The second-order valence-electron chi connectivity index (χ2n) is 9.08. The van der Waals surface area contributed by atoms with Gasteiger partial charge in [-0.2, -0.15) is 0 Å². The zero-order valence-electron chi connectivity index (χ0n) is 19.0. The lowest BCUT2D eigenvalue weighted by Crippen LogP contribution is -2.45. The zero-order chi connectivity index (χ0) is 21.6. The highest BCUT2D eigenvalue weighted by molar-refractivity contribution is 5.74. The van der Waals surface area contributed by atoms with Crippen molar-refractivity contribution in [1.82, 2.24) is 5.32 Å². The van der Waals surface area contributed by atoms with Crippen LogP contribution in [0.25, 0.3) is 0 Å². The van der Waals surface area contributed by atoms with E-state index in [1.807, 2.05) is 18.2 Å². The number of aliphatic hydroxyl groups is 1. The highest BCUT2D eigenvalue weighted by Crippen LogP contribution is 2.29. The molecule has 0 radical (unpaired) electrons. The monoisotopic (exact) mass is 417 g/mol. The van der Waals surface area contributed by atoms with E-state index < -0.39 is 12.0 Å². The van der Waals surface area contributed by atoms with E-state index >= 15 is 0 Å². The number of carboxylic acids is 1. The number of fused-ring (bicyclic) bond motifs is 1. The largest absolute Gasteiger partial charge is 0.480 e. The number of hydrogen-bond acceptors (Lipinski definition) is 3. The van der Waals surface area contributed by atoms with E-state index in [1.54, 1.807) is 0 Å². The molecule has 30 heavy (non-hydrogen) atoms. The van der Waals surface area contributed by atoms with Gasteiger partial charge in [-0.15, -0.1) is 0 Å². The van der Waals surface area contributed by atoms with Gasteiger partial charge in [-0.25, -0.2) is 0 Å². The highest BCUT2D eigenvalue weighted by Gasteiger charge is 2.30. The molecule has 0 amide bonds. The number of unbranched alkanes of at least 4 members (excludes halogenated alkanes) is 11. The standard InChI is InChI=1S/C26H43NO3/c1-2-3-4-5-6-7-8-9-10-11-12-13-17-22(28)20-24-23-18-15-14-16-21(23)19-25(27-24)26(29)30/h14-16,18,22,24-25,27-28H,2-13,17,19-20H2,1H3,(H,29,30). The van der Waals surface area contributed by atoms with Crippen LogP contribution in [-0.4, -0.2) is 28.3 Å². The summed E-state index contributed by atoms with van der Waals surface area (Å²) in [5, 5.41) is 23.2. The van der Waals surface area contributed by atoms with Crippen molar-refractivity contribution < 1.29 is 15.0 Å². The number of nitrogens with one attached hydrogen (secondary N) is 1.